The van der Waals surface area contributed by atoms with Crippen molar-refractivity contribution in [2.45, 2.75) is 31.8 Å². The van der Waals surface area contributed by atoms with Gasteiger partial charge in [-0.15, -0.1) is 0 Å². The first-order valence-corrected chi connectivity index (χ1v) is 5.13. The second kappa shape index (κ2) is 3.58. The van der Waals surface area contributed by atoms with Gasteiger partial charge in [-0.2, -0.15) is 0 Å². The molecule has 1 fully saturated rings. The summed E-state index contributed by atoms with van der Waals surface area (Å²) in [6, 6.07) is 4.87. The summed E-state index contributed by atoms with van der Waals surface area (Å²) in [6.45, 7) is 1.95. The topological polar surface area (TPSA) is 42.1 Å². The summed E-state index contributed by atoms with van der Waals surface area (Å²) in [5.41, 5.74) is 7.88. The van der Waals surface area contributed by atoms with Crippen LogP contribution in [0.5, 0.6) is 0 Å². The van der Waals surface area contributed by atoms with Crippen LogP contribution in [0.25, 0.3) is 0 Å². The first-order chi connectivity index (χ1) is 6.68. The van der Waals surface area contributed by atoms with Crippen molar-refractivity contribution < 1.29 is 0 Å². The monoisotopic (exact) mass is 191 g/mol. The van der Waals surface area contributed by atoms with Gasteiger partial charge >= 0.3 is 0 Å². The molecule has 76 valence electrons. The summed E-state index contributed by atoms with van der Waals surface area (Å²) in [5.74, 6) is 0. The van der Waals surface area contributed by atoms with Crippen molar-refractivity contribution in [3.8, 4) is 0 Å². The average molecular weight is 191 g/mol. The van der Waals surface area contributed by atoms with E-state index in [1.165, 1.54) is 18.5 Å². The van der Waals surface area contributed by atoms with Gasteiger partial charge in [0.25, 0.3) is 0 Å². The lowest BCUT2D eigenvalue weighted by Crippen LogP contribution is -2.19. The van der Waals surface area contributed by atoms with E-state index in [9.17, 15) is 0 Å². The molecule has 0 bridgehead atoms. The van der Waals surface area contributed by atoms with Gasteiger partial charge < -0.3 is 10.6 Å². The molecule has 1 atom stereocenters. The van der Waals surface area contributed by atoms with Crippen molar-refractivity contribution in [2.24, 2.45) is 5.73 Å². The normalized spacial score (nSPS) is 17.9. The van der Waals surface area contributed by atoms with Crippen LogP contribution in [-0.2, 0) is 0 Å². The maximum atomic E-state index is 5.74. The minimum absolute atomic E-state index is 0.0234. The molecule has 0 aliphatic heterocycles. The molecule has 1 heterocycles. The number of pyridine rings is 1. The molecular weight excluding hydrogens is 174 g/mol. The SMILES string of the molecule is CC(N)c1ccc(N(C)C2CC2)cn1. The molecule has 0 aromatic carbocycles. The minimum atomic E-state index is 0.0234. The lowest BCUT2D eigenvalue weighted by atomic mass is 10.2. The molecule has 2 rings (SSSR count). The highest BCUT2D eigenvalue weighted by Gasteiger charge is 2.26. The van der Waals surface area contributed by atoms with E-state index in [0.717, 1.165) is 11.7 Å². The Labute approximate surface area is 84.9 Å². The van der Waals surface area contributed by atoms with Crippen molar-refractivity contribution in [3.63, 3.8) is 0 Å². The molecule has 3 nitrogen and oxygen atoms in total. The minimum Gasteiger partial charge on any atom is -0.370 e. The maximum Gasteiger partial charge on any atom is 0.0569 e. The van der Waals surface area contributed by atoms with E-state index in [-0.39, 0.29) is 6.04 Å². The molecule has 14 heavy (non-hydrogen) atoms. The Morgan fingerprint density at radius 1 is 1.50 bits per heavy atom. The Bertz CT molecular complexity index is 301. The van der Waals surface area contributed by atoms with Crippen LogP contribution in [0.3, 0.4) is 0 Å². The molecule has 0 radical (unpaired) electrons. The number of rotatable bonds is 3. The number of nitrogens with zero attached hydrogens (tertiary/aromatic N) is 2. The van der Waals surface area contributed by atoms with E-state index in [1.807, 2.05) is 19.2 Å². The Balaban J connectivity index is 2.12. The zero-order valence-electron chi connectivity index (χ0n) is 8.77. The van der Waals surface area contributed by atoms with Crippen molar-refractivity contribution in [1.82, 2.24) is 4.98 Å². The zero-order chi connectivity index (χ0) is 10.1. The summed E-state index contributed by atoms with van der Waals surface area (Å²) in [4.78, 5) is 6.63. The molecular formula is C11H17N3. The fourth-order valence-electron chi connectivity index (χ4n) is 1.55. The Morgan fingerprint density at radius 3 is 2.64 bits per heavy atom. The summed E-state index contributed by atoms with van der Waals surface area (Å²) in [5, 5.41) is 0. The third kappa shape index (κ3) is 1.87. The zero-order valence-corrected chi connectivity index (χ0v) is 8.77. The highest BCUT2D eigenvalue weighted by molar-refractivity contribution is 5.46. The molecule has 0 amide bonds. The van der Waals surface area contributed by atoms with Crippen molar-refractivity contribution in [1.29, 1.82) is 0 Å². The summed E-state index contributed by atoms with van der Waals surface area (Å²) < 4.78 is 0. The number of hydrogen-bond acceptors (Lipinski definition) is 3. The van der Waals surface area contributed by atoms with E-state index >= 15 is 0 Å². The van der Waals surface area contributed by atoms with Crippen molar-refractivity contribution in [2.75, 3.05) is 11.9 Å². The number of nitrogens with two attached hydrogens (primary N) is 1. The number of anilines is 1. The van der Waals surface area contributed by atoms with Gasteiger partial charge in [0.05, 0.1) is 17.6 Å². The van der Waals surface area contributed by atoms with Gasteiger partial charge in [-0.1, -0.05) is 0 Å². The van der Waals surface area contributed by atoms with E-state index in [1.54, 1.807) is 0 Å². The highest BCUT2D eigenvalue weighted by atomic mass is 15.2. The first-order valence-electron chi connectivity index (χ1n) is 5.13. The quantitative estimate of drug-likeness (QED) is 0.790. The van der Waals surface area contributed by atoms with Gasteiger partial charge in [0, 0.05) is 19.1 Å². The molecule has 0 spiro atoms. The van der Waals surface area contributed by atoms with Crippen LogP contribution in [-0.4, -0.2) is 18.1 Å². The van der Waals surface area contributed by atoms with Gasteiger partial charge in [-0.3, -0.25) is 4.98 Å². The van der Waals surface area contributed by atoms with Crippen LogP contribution in [0.2, 0.25) is 0 Å². The van der Waals surface area contributed by atoms with Crippen molar-refractivity contribution in [3.05, 3.63) is 24.0 Å². The second-order valence-corrected chi connectivity index (χ2v) is 4.07. The van der Waals surface area contributed by atoms with E-state index in [0.29, 0.717) is 0 Å². The summed E-state index contributed by atoms with van der Waals surface area (Å²) in [7, 11) is 2.13. The van der Waals surface area contributed by atoms with Gasteiger partial charge in [0.2, 0.25) is 0 Å². The fraction of sp³-hybridized carbons (Fsp3) is 0.545. The van der Waals surface area contributed by atoms with Crippen LogP contribution >= 0.6 is 0 Å². The average Bonchev–Trinajstić information content (AvgIpc) is 3.00. The fourth-order valence-corrected chi connectivity index (χ4v) is 1.55. The number of aromatic nitrogens is 1. The first kappa shape index (κ1) is 9.46. The second-order valence-electron chi connectivity index (χ2n) is 4.07. The standard InChI is InChI=1S/C11H17N3/c1-8(12)11-6-5-10(7-13-11)14(2)9-3-4-9/h5-9H,3-4,12H2,1-2H3. The molecule has 1 aromatic heterocycles. The van der Waals surface area contributed by atoms with Crippen LogP contribution in [0, 0.1) is 0 Å². The van der Waals surface area contributed by atoms with E-state index in [4.69, 9.17) is 5.73 Å². The van der Waals surface area contributed by atoms with Gasteiger partial charge in [-0.05, 0) is 31.9 Å². The molecule has 1 unspecified atom stereocenters. The van der Waals surface area contributed by atoms with Crippen LogP contribution in [0.15, 0.2) is 18.3 Å². The number of hydrogen-bond donors (Lipinski definition) is 1. The lowest BCUT2D eigenvalue weighted by Gasteiger charge is -2.18. The molecule has 0 saturated heterocycles. The van der Waals surface area contributed by atoms with Gasteiger partial charge in [0.15, 0.2) is 0 Å². The van der Waals surface area contributed by atoms with E-state index < -0.39 is 0 Å². The molecule has 1 aliphatic carbocycles. The van der Waals surface area contributed by atoms with Crippen molar-refractivity contribution >= 4 is 5.69 Å². The Morgan fingerprint density at radius 2 is 2.21 bits per heavy atom. The summed E-state index contributed by atoms with van der Waals surface area (Å²) in [6.07, 6.45) is 4.54. The largest absolute Gasteiger partial charge is 0.370 e. The van der Waals surface area contributed by atoms with Crippen LogP contribution in [0.1, 0.15) is 31.5 Å². The molecule has 1 aliphatic rings. The van der Waals surface area contributed by atoms with Gasteiger partial charge in [-0.25, -0.2) is 0 Å². The van der Waals surface area contributed by atoms with E-state index in [2.05, 4.69) is 23.0 Å². The molecule has 1 saturated carbocycles. The lowest BCUT2D eigenvalue weighted by molar-refractivity contribution is 0.778. The summed E-state index contributed by atoms with van der Waals surface area (Å²) >= 11 is 0. The third-order valence-corrected chi connectivity index (χ3v) is 2.74. The predicted molar refractivity (Wildman–Crippen MR) is 58.3 cm³/mol. The molecule has 2 N–H and O–H groups in total. The highest BCUT2D eigenvalue weighted by Crippen LogP contribution is 2.29. The Kier molecular flexibility index (Phi) is 2.42. The predicted octanol–water partition coefficient (Wildman–Crippen LogP) is 1.70. The molecule has 3 heteroatoms. The van der Waals surface area contributed by atoms with Crippen LogP contribution < -0.4 is 10.6 Å². The molecule has 1 aromatic rings. The Hall–Kier alpha value is -1.09. The third-order valence-electron chi connectivity index (χ3n) is 2.74. The van der Waals surface area contributed by atoms with Crippen LogP contribution in [0.4, 0.5) is 5.69 Å². The van der Waals surface area contributed by atoms with Gasteiger partial charge in [0.1, 0.15) is 0 Å². The maximum absolute atomic E-state index is 5.74. The smallest absolute Gasteiger partial charge is 0.0569 e.